The van der Waals surface area contributed by atoms with Gasteiger partial charge in [-0.25, -0.2) is 0 Å². The number of amides is 2. The minimum atomic E-state index is -0.253. The molecule has 2 aromatic rings. The van der Waals surface area contributed by atoms with Gasteiger partial charge < -0.3 is 15.4 Å². The van der Waals surface area contributed by atoms with Gasteiger partial charge in [-0.2, -0.15) is 0 Å². The zero-order chi connectivity index (χ0) is 18.1. The van der Waals surface area contributed by atoms with Gasteiger partial charge in [-0.15, -0.1) is 0 Å². The Kier molecular flexibility index (Phi) is 7.01. The lowest BCUT2D eigenvalue weighted by Gasteiger charge is -2.10. The standard InChI is InChI=1S/C20H24N2O3/c1-3-6-19(23)21-16-7-5-8-17(13-16)22-20(24)14-25-18-11-9-15(4-2)10-12-18/h5,7-13H,3-4,6,14H2,1-2H3,(H,21,23)(H,22,24). The first-order valence-electron chi connectivity index (χ1n) is 8.52. The highest BCUT2D eigenvalue weighted by Crippen LogP contribution is 2.16. The molecule has 0 saturated heterocycles. The molecule has 0 aliphatic carbocycles. The van der Waals surface area contributed by atoms with Gasteiger partial charge in [-0.3, -0.25) is 9.59 Å². The smallest absolute Gasteiger partial charge is 0.262 e. The van der Waals surface area contributed by atoms with Crippen LogP contribution in [0.2, 0.25) is 0 Å². The number of nitrogens with one attached hydrogen (secondary N) is 2. The Balaban J connectivity index is 1.86. The summed E-state index contributed by atoms with van der Waals surface area (Å²) < 4.78 is 5.48. The molecular formula is C20H24N2O3. The quantitative estimate of drug-likeness (QED) is 0.763. The van der Waals surface area contributed by atoms with Crippen LogP contribution < -0.4 is 15.4 Å². The Morgan fingerprint density at radius 3 is 2.16 bits per heavy atom. The van der Waals surface area contributed by atoms with E-state index in [1.54, 1.807) is 24.3 Å². The van der Waals surface area contributed by atoms with Gasteiger partial charge in [0.05, 0.1) is 0 Å². The monoisotopic (exact) mass is 340 g/mol. The maximum Gasteiger partial charge on any atom is 0.262 e. The molecule has 0 bridgehead atoms. The van der Waals surface area contributed by atoms with Crippen LogP contribution in [-0.4, -0.2) is 18.4 Å². The predicted molar refractivity (Wildman–Crippen MR) is 99.9 cm³/mol. The van der Waals surface area contributed by atoms with Crippen LogP contribution >= 0.6 is 0 Å². The summed E-state index contributed by atoms with van der Waals surface area (Å²) in [6.45, 7) is 3.96. The van der Waals surface area contributed by atoms with Crippen molar-refractivity contribution < 1.29 is 14.3 Å². The molecule has 0 spiro atoms. The molecule has 0 heterocycles. The van der Waals surface area contributed by atoms with Gasteiger partial charge in [0, 0.05) is 17.8 Å². The van der Waals surface area contributed by atoms with Crippen molar-refractivity contribution in [2.45, 2.75) is 33.1 Å². The van der Waals surface area contributed by atoms with E-state index in [1.807, 2.05) is 31.2 Å². The Bertz CT molecular complexity index is 711. The maximum atomic E-state index is 12.0. The van der Waals surface area contributed by atoms with E-state index in [0.29, 0.717) is 23.5 Å². The van der Waals surface area contributed by atoms with Crippen molar-refractivity contribution in [1.29, 1.82) is 0 Å². The van der Waals surface area contributed by atoms with Gasteiger partial charge >= 0.3 is 0 Å². The van der Waals surface area contributed by atoms with Crippen molar-refractivity contribution in [2.24, 2.45) is 0 Å². The second-order valence-electron chi connectivity index (χ2n) is 5.71. The predicted octanol–water partition coefficient (Wildman–Crippen LogP) is 4.01. The minimum absolute atomic E-state index is 0.0372. The van der Waals surface area contributed by atoms with E-state index >= 15 is 0 Å². The second kappa shape index (κ2) is 9.47. The molecule has 0 aliphatic rings. The van der Waals surface area contributed by atoms with Crippen molar-refractivity contribution >= 4 is 23.2 Å². The number of rotatable bonds is 8. The third-order valence-corrected chi connectivity index (χ3v) is 3.61. The van der Waals surface area contributed by atoms with Crippen molar-refractivity contribution in [3.05, 3.63) is 54.1 Å². The molecule has 2 amide bonds. The third kappa shape index (κ3) is 6.30. The molecule has 0 unspecified atom stereocenters. The van der Waals surface area contributed by atoms with Gasteiger partial charge in [0.2, 0.25) is 5.91 Å². The highest BCUT2D eigenvalue weighted by atomic mass is 16.5. The third-order valence-electron chi connectivity index (χ3n) is 3.61. The maximum absolute atomic E-state index is 12.0. The fourth-order valence-corrected chi connectivity index (χ4v) is 2.29. The molecule has 2 rings (SSSR count). The molecule has 2 aromatic carbocycles. The second-order valence-corrected chi connectivity index (χ2v) is 5.71. The number of carbonyl (C=O) groups excluding carboxylic acids is 2. The highest BCUT2D eigenvalue weighted by Gasteiger charge is 2.06. The van der Waals surface area contributed by atoms with Crippen LogP contribution in [0.5, 0.6) is 5.75 Å². The number of carbonyl (C=O) groups is 2. The van der Waals surface area contributed by atoms with Gasteiger partial charge in [-0.1, -0.05) is 32.0 Å². The molecule has 5 heteroatoms. The number of hydrogen-bond donors (Lipinski definition) is 2. The number of benzene rings is 2. The molecule has 5 nitrogen and oxygen atoms in total. The molecule has 25 heavy (non-hydrogen) atoms. The highest BCUT2D eigenvalue weighted by molar-refractivity contribution is 5.94. The van der Waals surface area contributed by atoms with E-state index in [9.17, 15) is 9.59 Å². The van der Waals surface area contributed by atoms with Crippen LogP contribution in [0.15, 0.2) is 48.5 Å². The summed E-state index contributed by atoms with van der Waals surface area (Å²) in [7, 11) is 0. The number of hydrogen-bond acceptors (Lipinski definition) is 3. The first kappa shape index (κ1) is 18.5. The molecule has 0 saturated carbocycles. The summed E-state index contributed by atoms with van der Waals surface area (Å²) in [6, 6.07) is 14.7. The fraction of sp³-hybridized carbons (Fsp3) is 0.300. The molecule has 0 aromatic heterocycles. The number of ether oxygens (including phenoxy) is 1. The first-order valence-corrected chi connectivity index (χ1v) is 8.52. The lowest BCUT2D eigenvalue weighted by molar-refractivity contribution is -0.118. The normalized spacial score (nSPS) is 10.2. The molecule has 0 fully saturated rings. The summed E-state index contributed by atoms with van der Waals surface area (Å²) in [4.78, 5) is 23.7. The average molecular weight is 340 g/mol. The van der Waals surface area contributed by atoms with Crippen LogP contribution in [-0.2, 0) is 16.0 Å². The van der Waals surface area contributed by atoms with Gasteiger partial charge in [-0.05, 0) is 48.7 Å². The fourth-order valence-electron chi connectivity index (χ4n) is 2.29. The van der Waals surface area contributed by atoms with Gasteiger partial charge in [0.1, 0.15) is 5.75 Å². The molecule has 0 aliphatic heterocycles. The van der Waals surface area contributed by atoms with E-state index in [4.69, 9.17) is 4.74 Å². The van der Waals surface area contributed by atoms with Crippen LogP contribution in [0, 0.1) is 0 Å². The summed E-state index contributed by atoms with van der Waals surface area (Å²) in [5.41, 5.74) is 2.50. The Labute approximate surface area is 148 Å². The van der Waals surface area contributed by atoms with Crippen molar-refractivity contribution in [3.63, 3.8) is 0 Å². The molecule has 132 valence electrons. The topological polar surface area (TPSA) is 67.4 Å². The van der Waals surface area contributed by atoms with Crippen molar-refractivity contribution in [2.75, 3.05) is 17.2 Å². The Morgan fingerprint density at radius 1 is 0.920 bits per heavy atom. The van der Waals surface area contributed by atoms with Crippen LogP contribution in [0.4, 0.5) is 11.4 Å². The molecule has 2 N–H and O–H groups in total. The summed E-state index contributed by atoms with van der Waals surface area (Å²) >= 11 is 0. The van der Waals surface area contributed by atoms with Crippen molar-refractivity contribution in [1.82, 2.24) is 0 Å². The molecule has 0 radical (unpaired) electrons. The SMILES string of the molecule is CCCC(=O)Nc1cccc(NC(=O)COc2ccc(CC)cc2)c1. The van der Waals surface area contributed by atoms with Gasteiger partial charge in [0.15, 0.2) is 6.61 Å². The largest absolute Gasteiger partial charge is 0.484 e. The Hall–Kier alpha value is -2.82. The summed E-state index contributed by atoms with van der Waals surface area (Å²) in [6.07, 6.45) is 2.23. The van der Waals surface area contributed by atoms with E-state index in [1.165, 1.54) is 5.56 Å². The number of anilines is 2. The van der Waals surface area contributed by atoms with Crippen LogP contribution in [0.25, 0.3) is 0 Å². The van der Waals surface area contributed by atoms with Crippen LogP contribution in [0.3, 0.4) is 0 Å². The van der Waals surface area contributed by atoms with E-state index < -0.39 is 0 Å². The summed E-state index contributed by atoms with van der Waals surface area (Å²) in [5.74, 6) is 0.370. The lowest BCUT2D eigenvalue weighted by atomic mass is 10.2. The lowest BCUT2D eigenvalue weighted by Crippen LogP contribution is -2.20. The Morgan fingerprint density at radius 2 is 1.56 bits per heavy atom. The zero-order valence-corrected chi connectivity index (χ0v) is 14.7. The van der Waals surface area contributed by atoms with E-state index in [2.05, 4.69) is 17.6 Å². The summed E-state index contributed by atoms with van der Waals surface area (Å²) in [5, 5.41) is 5.57. The zero-order valence-electron chi connectivity index (χ0n) is 14.7. The van der Waals surface area contributed by atoms with E-state index in [-0.39, 0.29) is 18.4 Å². The number of aryl methyl sites for hydroxylation is 1. The minimum Gasteiger partial charge on any atom is -0.484 e. The molecule has 0 atom stereocenters. The molecular weight excluding hydrogens is 316 g/mol. The first-order chi connectivity index (χ1) is 12.1. The van der Waals surface area contributed by atoms with E-state index in [0.717, 1.165) is 12.8 Å². The van der Waals surface area contributed by atoms with Crippen molar-refractivity contribution in [3.8, 4) is 5.75 Å². The average Bonchev–Trinajstić information content (AvgIpc) is 2.61. The van der Waals surface area contributed by atoms with Gasteiger partial charge in [0.25, 0.3) is 5.91 Å². The van der Waals surface area contributed by atoms with Crippen LogP contribution in [0.1, 0.15) is 32.3 Å².